The highest BCUT2D eigenvalue weighted by atomic mass is 16.7. The number of nitrogens with two attached hydrogens (primary N) is 1. The lowest BCUT2D eigenvalue weighted by molar-refractivity contribution is -0.144. The molecule has 4 fully saturated rings. The Bertz CT molecular complexity index is 3760. The second kappa shape index (κ2) is 43.8. The Labute approximate surface area is 654 Å². The van der Waals surface area contributed by atoms with Gasteiger partial charge < -0.3 is 78.9 Å². The highest BCUT2D eigenvalue weighted by molar-refractivity contribution is 5.79. The second-order valence-electron chi connectivity index (χ2n) is 28.5. The molecule has 0 aromatic heterocycles. The number of amides is 1. The molecule has 12 atom stereocenters. The van der Waals surface area contributed by atoms with E-state index in [4.69, 9.17) is 38.9 Å². The zero-order valence-electron chi connectivity index (χ0n) is 65.6. The van der Waals surface area contributed by atoms with Crippen molar-refractivity contribution in [1.29, 1.82) is 0 Å². The lowest BCUT2D eigenvalue weighted by Crippen LogP contribution is -2.45. The number of aryl methyl sites for hydroxylation is 1. The summed E-state index contributed by atoms with van der Waals surface area (Å²) in [7, 11) is 10.8. The first-order valence-corrected chi connectivity index (χ1v) is 38.1. The molecule has 6 aliphatic heterocycles. The van der Waals surface area contributed by atoms with Gasteiger partial charge in [-0.1, -0.05) is 177 Å². The van der Waals surface area contributed by atoms with Gasteiger partial charge in [-0.05, 0) is 144 Å². The summed E-state index contributed by atoms with van der Waals surface area (Å²) in [6.07, 6.45) is 3.02. The van der Waals surface area contributed by atoms with E-state index in [1.165, 1.54) is 0 Å². The van der Waals surface area contributed by atoms with Gasteiger partial charge in [-0.3, -0.25) is 28.9 Å². The number of likely N-dealkylation sites (tertiary alicyclic amines) is 4. The van der Waals surface area contributed by atoms with Crippen LogP contribution in [0.2, 0.25) is 0 Å². The molecule has 0 bridgehead atoms. The van der Waals surface area contributed by atoms with E-state index in [-0.39, 0.29) is 91.6 Å². The molecule has 0 radical (unpaired) electrons. The van der Waals surface area contributed by atoms with Crippen LogP contribution < -0.4 is 38.9 Å². The van der Waals surface area contributed by atoms with Crippen molar-refractivity contribution in [1.82, 2.24) is 24.5 Å². The Morgan fingerprint density at radius 2 is 0.802 bits per heavy atom. The third-order valence-corrected chi connectivity index (χ3v) is 21.8. The van der Waals surface area contributed by atoms with Crippen LogP contribution in [0.15, 0.2) is 218 Å². The number of carbonyl (C=O) groups excluding carboxylic acids is 1. The Balaban J connectivity index is 0.000000181. The van der Waals surface area contributed by atoms with Crippen LogP contribution in [0.5, 0.6) is 40.2 Å². The Morgan fingerprint density at radius 1 is 0.441 bits per heavy atom. The molecule has 6 aliphatic rings. The van der Waals surface area contributed by atoms with E-state index in [1.807, 2.05) is 265 Å². The van der Waals surface area contributed by atoms with Gasteiger partial charge in [0.25, 0.3) is 0 Å². The van der Waals surface area contributed by atoms with Gasteiger partial charge in [0.05, 0.1) is 51.5 Å². The van der Waals surface area contributed by atoms with Crippen molar-refractivity contribution in [3.05, 3.63) is 246 Å². The van der Waals surface area contributed by atoms with Gasteiger partial charge in [-0.25, -0.2) is 0 Å². The number of fused-ring (bicyclic) bond motifs is 2. The average molecular weight is 1520 g/mol. The molecule has 0 unspecified atom stereocenters. The topological polar surface area (TPSA) is 273 Å². The second-order valence-corrected chi connectivity index (χ2v) is 28.5. The number of hydrogen-bond donors (Lipinski definition) is 5. The minimum Gasteiger partial charge on any atom is -0.497 e. The molecule has 22 heteroatoms. The molecule has 0 spiro atoms. The first-order valence-electron chi connectivity index (χ1n) is 38.1. The van der Waals surface area contributed by atoms with Crippen molar-refractivity contribution in [2.45, 2.75) is 101 Å². The lowest BCUT2D eigenvalue weighted by atomic mass is 9.83. The van der Waals surface area contributed by atoms with Crippen molar-refractivity contribution >= 4 is 29.8 Å². The average Bonchev–Trinajstić information content (AvgIpc) is 1.63. The van der Waals surface area contributed by atoms with Crippen molar-refractivity contribution in [2.75, 3.05) is 108 Å². The van der Waals surface area contributed by atoms with E-state index in [2.05, 4.69) is 21.6 Å². The zero-order valence-corrected chi connectivity index (χ0v) is 65.6. The number of ether oxygens (including phenoxy) is 7. The molecule has 6 N–H and O–H groups in total. The summed E-state index contributed by atoms with van der Waals surface area (Å²) in [6, 6.07) is 70.3. The molecule has 14 rings (SSSR count). The number of aliphatic carboxylic acids is 4. The fraction of sp³-hybridized carbons (Fsp3) is 0.404. The minimum absolute atomic E-state index is 0.0216. The predicted octanol–water partition coefficient (Wildman–Crippen LogP) is 13.3. The van der Waals surface area contributed by atoms with Gasteiger partial charge in [0.1, 0.15) is 17.2 Å². The number of nitrogens with zero attached hydrogens (tertiary/aromatic N) is 5. The van der Waals surface area contributed by atoms with E-state index in [0.717, 1.165) is 77.5 Å². The maximum absolute atomic E-state index is 13.4. The van der Waals surface area contributed by atoms with Gasteiger partial charge in [-0.2, -0.15) is 0 Å². The van der Waals surface area contributed by atoms with Crippen LogP contribution in [0.1, 0.15) is 98.4 Å². The Hall–Kier alpha value is -10.5. The lowest BCUT2D eigenvalue weighted by Gasteiger charge is -2.29. The first kappa shape index (κ1) is 86.1. The molecule has 6 heterocycles. The summed E-state index contributed by atoms with van der Waals surface area (Å²) in [6.45, 7) is 12.8. The number of benzene rings is 8. The van der Waals surface area contributed by atoms with Crippen molar-refractivity contribution in [3.8, 4) is 40.2 Å². The van der Waals surface area contributed by atoms with Crippen molar-refractivity contribution < 1.29 is 77.6 Å². The van der Waals surface area contributed by atoms with Crippen LogP contribution in [0.25, 0.3) is 0 Å². The van der Waals surface area contributed by atoms with Crippen LogP contribution in [-0.2, 0) is 30.4 Å². The summed E-state index contributed by atoms with van der Waals surface area (Å²) in [5.41, 5.74) is 10.9. The van der Waals surface area contributed by atoms with E-state index in [1.54, 1.807) is 26.2 Å². The van der Waals surface area contributed by atoms with Gasteiger partial charge in [0, 0.05) is 93.7 Å². The SMILES string of the molecule is CCCCN(CCN)C(=O)CN1C[C@H](c2ccc3c(c2)OCO3)[C@@H](C(=O)O)[C@@H]1CCc1cccc2c1OCO2.COc1ccc([C@H]2CN(C)[C@@H](C)[C@@H]2C(=O)O)cc1.COc1ccc([C@H]2CN(C)[C@@H](C)[C@@H]2C(=O)O)cc1.COc1ccc([C@H]2CN(C)[C@@H](C)[C@@H]2C(=O)O)cc1.c1ccccc1.c1ccccc1.c1ccccc1. The number of carbonyl (C=O) groups is 5. The molecule has 1 amide bonds. The molecule has 4 saturated heterocycles. The maximum Gasteiger partial charge on any atom is 0.308 e. The molecule has 8 aromatic rings. The summed E-state index contributed by atoms with van der Waals surface area (Å²) < 4.78 is 37.6. The quantitative estimate of drug-likeness (QED) is 0.0447. The van der Waals surface area contributed by atoms with Gasteiger partial charge in [-0.15, -0.1) is 0 Å². The zero-order chi connectivity index (χ0) is 79.9. The number of carboxylic acid groups (broad SMARTS) is 4. The number of carboxylic acids is 4. The van der Waals surface area contributed by atoms with Crippen molar-refractivity contribution in [2.24, 2.45) is 29.4 Å². The number of hydrogen-bond acceptors (Lipinski definition) is 17. The Morgan fingerprint density at radius 3 is 1.17 bits per heavy atom. The molecule has 0 saturated carbocycles. The molecule has 0 aliphatic carbocycles. The van der Waals surface area contributed by atoms with Crippen LogP contribution in [0.3, 0.4) is 0 Å². The van der Waals surface area contributed by atoms with Crippen LogP contribution >= 0.6 is 0 Å². The predicted molar refractivity (Wildman–Crippen MR) is 429 cm³/mol. The smallest absolute Gasteiger partial charge is 0.308 e. The maximum atomic E-state index is 13.4. The van der Waals surface area contributed by atoms with E-state index in [9.17, 15) is 44.4 Å². The Kier molecular flexibility index (Phi) is 34.0. The minimum atomic E-state index is -0.875. The number of rotatable bonds is 21. The molecule has 22 nitrogen and oxygen atoms in total. The van der Waals surface area contributed by atoms with Crippen LogP contribution in [0, 0.1) is 23.7 Å². The van der Waals surface area contributed by atoms with Gasteiger partial charge in [0.15, 0.2) is 23.0 Å². The summed E-state index contributed by atoms with van der Waals surface area (Å²) >= 11 is 0. The van der Waals surface area contributed by atoms with Crippen molar-refractivity contribution in [3.63, 3.8) is 0 Å². The molecule has 111 heavy (non-hydrogen) atoms. The molecule has 8 aromatic carbocycles. The highest BCUT2D eigenvalue weighted by Gasteiger charge is 2.49. The van der Waals surface area contributed by atoms with E-state index >= 15 is 0 Å². The third-order valence-electron chi connectivity index (χ3n) is 21.8. The first-order chi connectivity index (χ1) is 53.6. The third kappa shape index (κ3) is 24.0. The summed E-state index contributed by atoms with van der Waals surface area (Å²) in [5.74, 6) is 0.137. The summed E-state index contributed by atoms with van der Waals surface area (Å²) in [5, 5.41) is 38.6. The molecule has 594 valence electrons. The van der Waals surface area contributed by atoms with Gasteiger partial charge in [0.2, 0.25) is 19.5 Å². The summed E-state index contributed by atoms with van der Waals surface area (Å²) in [4.78, 5) is 70.7. The van der Waals surface area contributed by atoms with E-state index < -0.39 is 29.8 Å². The standard InChI is InChI=1S/C29H37N3O7.3C14H19NO3.3C6H6/c1-2-3-12-31(13-11-30)26(33)16-32-15-21(20-8-10-23-25(14-20)38-17-36-23)27(29(34)35)22(32)9-7-19-5-4-6-24-28(19)39-18-37-24;3*1-9-13(14(16)17)12(8-15(9)2)10-4-6-11(18-3)7-5-10;3*1-2-4-6-5-3-1/h4-6,8,10,14,21-22,27H,2-3,7,9,11-13,15-18,30H2,1H3,(H,34,35);3*4-7,9,12-13H,8H2,1-3H3,(H,16,17);3*1-6H/t21-,22+,27-;3*9-,12+,13-;;;/m1000.../s1. The normalized spacial score (nSPS) is 22.5. The fourth-order valence-electron chi connectivity index (χ4n) is 15.3. The fourth-order valence-corrected chi connectivity index (χ4v) is 15.3. The van der Waals surface area contributed by atoms with Crippen LogP contribution in [-0.4, -0.2) is 207 Å². The van der Waals surface area contributed by atoms with E-state index in [0.29, 0.717) is 62.0 Å². The molecular formula is C89H112N6O16. The number of likely N-dealkylation sites (N-methyl/N-ethyl adjacent to an activating group) is 3. The van der Waals surface area contributed by atoms with Crippen LogP contribution in [0.4, 0.5) is 0 Å². The largest absolute Gasteiger partial charge is 0.497 e. The molecular weight excluding hydrogens is 1410 g/mol. The number of methoxy groups -OCH3 is 3. The number of unbranched alkanes of at least 4 members (excludes halogenated alkanes) is 1. The monoisotopic (exact) mass is 1520 g/mol. The highest BCUT2D eigenvalue weighted by Crippen LogP contribution is 2.45. The van der Waals surface area contributed by atoms with Gasteiger partial charge >= 0.3 is 23.9 Å². The number of para-hydroxylation sites is 1.